The predicted molar refractivity (Wildman–Crippen MR) is 99.6 cm³/mol. The second-order valence-electron chi connectivity index (χ2n) is 7.27. The van der Waals surface area contributed by atoms with Crippen molar-refractivity contribution in [1.29, 1.82) is 0 Å². The molecule has 0 aliphatic carbocycles. The quantitative estimate of drug-likeness (QED) is 0.754. The minimum Gasteiger partial charge on any atom is -0.493 e. The van der Waals surface area contributed by atoms with E-state index in [2.05, 4.69) is 9.97 Å². The second kappa shape index (κ2) is 6.37. The first kappa shape index (κ1) is 16.3. The molecule has 1 saturated heterocycles. The lowest BCUT2D eigenvalue weighted by atomic mass is 9.95. The molecule has 2 aliphatic heterocycles. The van der Waals surface area contributed by atoms with Crippen LogP contribution in [0.3, 0.4) is 0 Å². The Bertz CT molecular complexity index is 1020. The molecule has 2 aliphatic rings. The molecule has 138 valence electrons. The fourth-order valence-electron chi connectivity index (χ4n) is 4.05. The molecular weight excluding hydrogens is 345 g/mol. The van der Waals surface area contributed by atoms with Crippen molar-refractivity contribution in [3.8, 4) is 5.75 Å². The Balaban J connectivity index is 1.28. The van der Waals surface area contributed by atoms with E-state index in [1.807, 2.05) is 23.1 Å². The largest absolute Gasteiger partial charge is 0.493 e. The zero-order valence-corrected chi connectivity index (χ0v) is 14.9. The molecule has 2 aromatic carbocycles. The highest BCUT2D eigenvalue weighted by molar-refractivity contribution is 5.94. The summed E-state index contributed by atoms with van der Waals surface area (Å²) in [5, 5.41) is 0. The van der Waals surface area contributed by atoms with E-state index in [9.17, 15) is 9.18 Å². The monoisotopic (exact) mass is 365 g/mol. The first-order valence-electron chi connectivity index (χ1n) is 9.37. The third-order valence-electron chi connectivity index (χ3n) is 5.57. The summed E-state index contributed by atoms with van der Waals surface area (Å²) in [4.78, 5) is 22.6. The van der Waals surface area contributed by atoms with Crippen molar-refractivity contribution in [3.63, 3.8) is 0 Å². The number of rotatable bonds is 2. The smallest absolute Gasteiger partial charge is 0.253 e. The Labute approximate surface area is 156 Å². The van der Waals surface area contributed by atoms with E-state index in [1.54, 1.807) is 6.07 Å². The third kappa shape index (κ3) is 2.95. The van der Waals surface area contributed by atoms with Crippen LogP contribution in [0.5, 0.6) is 5.75 Å². The fraction of sp³-hybridized carbons (Fsp3) is 0.333. The van der Waals surface area contributed by atoms with Crippen LogP contribution >= 0.6 is 0 Å². The standard InChI is InChI=1S/C21H20FN3O2/c22-16-2-3-17-18(12-16)24-20(23-17)13-5-8-25(9-6-13)21(26)15-1-4-19-14(11-15)7-10-27-19/h1-4,11-13H,5-10H2,(H,23,24). The van der Waals surface area contributed by atoms with Crippen molar-refractivity contribution in [2.24, 2.45) is 0 Å². The highest BCUT2D eigenvalue weighted by atomic mass is 19.1. The van der Waals surface area contributed by atoms with Gasteiger partial charge in [0.05, 0.1) is 17.6 Å². The van der Waals surface area contributed by atoms with Crippen molar-refractivity contribution < 1.29 is 13.9 Å². The minimum atomic E-state index is -0.266. The van der Waals surface area contributed by atoms with Crippen LogP contribution in [-0.2, 0) is 6.42 Å². The summed E-state index contributed by atoms with van der Waals surface area (Å²) in [7, 11) is 0. The molecule has 0 saturated carbocycles. The number of carbonyl (C=O) groups is 1. The van der Waals surface area contributed by atoms with E-state index in [0.29, 0.717) is 19.7 Å². The number of halogens is 1. The number of aromatic amines is 1. The predicted octanol–water partition coefficient (Wildman–Crippen LogP) is 3.66. The van der Waals surface area contributed by atoms with Gasteiger partial charge in [-0.2, -0.15) is 0 Å². The Hall–Kier alpha value is -2.89. The summed E-state index contributed by atoms with van der Waals surface area (Å²) in [5.41, 5.74) is 3.36. The van der Waals surface area contributed by atoms with Gasteiger partial charge in [-0.1, -0.05) is 0 Å². The van der Waals surface area contributed by atoms with Crippen LogP contribution < -0.4 is 4.74 Å². The van der Waals surface area contributed by atoms with Crippen LogP contribution in [0.15, 0.2) is 36.4 Å². The van der Waals surface area contributed by atoms with Gasteiger partial charge in [-0.25, -0.2) is 9.37 Å². The molecule has 3 heterocycles. The number of imidazole rings is 1. The first-order chi connectivity index (χ1) is 13.2. The van der Waals surface area contributed by atoms with Gasteiger partial charge in [-0.05, 0) is 54.8 Å². The number of aromatic nitrogens is 2. The number of likely N-dealkylation sites (tertiary alicyclic amines) is 1. The number of benzene rings is 2. The molecule has 0 bridgehead atoms. The van der Waals surface area contributed by atoms with E-state index < -0.39 is 0 Å². The Morgan fingerprint density at radius 1 is 1.19 bits per heavy atom. The molecule has 1 fully saturated rings. The number of ether oxygens (including phenoxy) is 1. The average molecular weight is 365 g/mol. The molecule has 3 aromatic rings. The molecule has 1 amide bonds. The number of amides is 1. The molecule has 0 unspecified atom stereocenters. The van der Waals surface area contributed by atoms with Gasteiger partial charge in [0.25, 0.3) is 5.91 Å². The van der Waals surface area contributed by atoms with Crippen LogP contribution in [0, 0.1) is 5.82 Å². The molecule has 0 radical (unpaired) electrons. The van der Waals surface area contributed by atoms with Gasteiger partial charge in [0.15, 0.2) is 0 Å². The lowest BCUT2D eigenvalue weighted by Gasteiger charge is -2.31. The van der Waals surface area contributed by atoms with Crippen molar-refractivity contribution >= 4 is 16.9 Å². The summed E-state index contributed by atoms with van der Waals surface area (Å²) in [5.74, 6) is 1.86. The van der Waals surface area contributed by atoms with E-state index in [0.717, 1.165) is 53.0 Å². The van der Waals surface area contributed by atoms with Gasteiger partial charge < -0.3 is 14.6 Å². The SMILES string of the molecule is O=C(c1ccc2c(c1)CCO2)N1CCC(c2nc3ccc(F)cc3[nH]2)CC1. The van der Waals surface area contributed by atoms with E-state index >= 15 is 0 Å². The summed E-state index contributed by atoms with van der Waals surface area (Å²) in [6.45, 7) is 2.09. The maximum Gasteiger partial charge on any atom is 0.253 e. The number of nitrogens with zero attached hydrogens (tertiary/aromatic N) is 2. The maximum atomic E-state index is 13.4. The van der Waals surface area contributed by atoms with E-state index in [-0.39, 0.29) is 17.6 Å². The lowest BCUT2D eigenvalue weighted by Crippen LogP contribution is -2.38. The van der Waals surface area contributed by atoms with Crippen LogP contribution in [0.2, 0.25) is 0 Å². The molecular formula is C21H20FN3O2. The number of nitrogens with one attached hydrogen (secondary N) is 1. The number of piperidine rings is 1. The van der Waals surface area contributed by atoms with Gasteiger partial charge in [-0.3, -0.25) is 4.79 Å². The third-order valence-corrected chi connectivity index (χ3v) is 5.57. The van der Waals surface area contributed by atoms with Crippen molar-refractivity contribution in [2.45, 2.75) is 25.2 Å². The van der Waals surface area contributed by atoms with Crippen molar-refractivity contribution in [3.05, 3.63) is 59.2 Å². The van der Waals surface area contributed by atoms with Gasteiger partial charge in [-0.15, -0.1) is 0 Å². The molecule has 27 heavy (non-hydrogen) atoms. The van der Waals surface area contributed by atoms with Crippen LogP contribution in [0.25, 0.3) is 11.0 Å². The highest BCUT2D eigenvalue weighted by Gasteiger charge is 2.27. The first-order valence-corrected chi connectivity index (χ1v) is 9.37. The molecule has 0 spiro atoms. The molecule has 5 nitrogen and oxygen atoms in total. The zero-order chi connectivity index (χ0) is 18.4. The maximum absolute atomic E-state index is 13.4. The van der Waals surface area contributed by atoms with Gasteiger partial charge >= 0.3 is 0 Å². The van der Waals surface area contributed by atoms with Gasteiger partial charge in [0.2, 0.25) is 0 Å². The number of H-pyrrole nitrogens is 1. The van der Waals surface area contributed by atoms with Gasteiger partial charge in [0.1, 0.15) is 17.4 Å². The van der Waals surface area contributed by atoms with Crippen molar-refractivity contribution in [1.82, 2.24) is 14.9 Å². The molecule has 1 N–H and O–H groups in total. The van der Waals surface area contributed by atoms with Crippen LogP contribution in [0.1, 0.15) is 40.5 Å². The average Bonchev–Trinajstić information content (AvgIpc) is 3.33. The van der Waals surface area contributed by atoms with Gasteiger partial charge in [0, 0.05) is 31.0 Å². The fourth-order valence-corrected chi connectivity index (χ4v) is 4.05. The highest BCUT2D eigenvalue weighted by Crippen LogP contribution is 2.30. The number of hydrogen-bond acceptors (Lipinski definition) is 3. The molecule has 1 aromatic heterocycles. The topological polar surface area (TPSA) is 58.2 Å². The summed E-state index contributed by atoms with van der Waals surface area (Å²) < 4.78 is 18.9. The Kier molecular flexibility index (Phi) is 3.85. The van der Waals surface area contributed by atoms with E-state index in [4.69, 9.17) is 4.74 Å². The molecule has 5 rings (SSSR count). The number of hydrogen-bond donors (Lipinski definition) is 1. The number of fused-ring (bicyclic) bond motifs is 2. The van der Waals surface area contributed by atoms with Crippen molar-refractivity contribution in [2.75, 3.05) is 19.7 Å². The lowest BCUT2D eigenvalue weighted by molar-refractivity contribution is 0.0711. The molecule has 6 heteroatoms. The van der Waals surface area contributed by atoms with Crippen LogP contribution in [-0.4, -0.2) is 40.5 Å². The van der Waals surface area contributed by atoms with E-state index in [1.165, 1.54) is 12.1 Å². The van der Waals surface area contributed by atoms with Crippen LogP contribution in [0.4, 0.5) is 4.39 Å². The minimum absolute atomic E-state index is 0.0785. The summed E-state index contributed by atoms with van der Waals surface area (Å²) in [6, 6.07) is 10.3. The molecule has 0 atom stereocenters. The normalized spacial score (nSPS) is 17.1. The number of carbonyl (C=O) groups excluding carboxylic acids is 1. The zero-order valence-electron chi connectivity index (χ0n) is 14.9. The Morgan fingerprint density at radius 2 is 2.04 bits per heavy atom. The Morgan fingerprint density at radius 3 is 2.89 bits per heavy atom. The second-order valence-corrected chi connectivity index (χ2v) is 7.27. The summed E-state index contributed by atoms with van der Waals surface area (Å²) in [6.07, 6.45) is 2.56. The summed E-state index contributed by atoms with van der Waals surface area (Å²) >= 11 is 0.